The predicted octanol–water partition coefficient (Wildman–Crippen LogP) is 3.55. The second-order valence-electron chi connectivity index (χ2n) is 4.03. The number of hydrogen-bond acceptors (Lipinski definition) is 3. The van der Waals surface area contributed by atoms with Gasteiger partial charge >= 0.3 is 0 Å². The van der Waals surface area contributed by atoms with Crippen molar-refractivity contribution in [3.8, 4) is 5.75 Å². The fourth-order valence-corrected chi connectivity index (χ4v) is 2.16. The van der Waals surface area contributed by atoms with E-state index in [4.69, 9.17) is 10.5 Å². The normalized spacial score (nSPS) is 10.4. The SMILES string of the molecule is COc1cc(F)c(C(=O)c2cc(N)ccc2Br)c(F)c1. The maximum absolute atomic E-state index is 13.9. The molecule has 0 spiro atoms. The molecule has 2 rings (SSSR count). The van der Waals surface area contributed by atoms with E-state index in [2.05, 4.69) is 15.9 Å². The van der Waals surface area contributed by atoms with Gasteiger partial charge in [-0.1, -0.05) is 15.9 Å². The Morgan fingerprint density at radius 3 is 2.35 bits per heavy atom. The van der Waals surface area contributed by atoms with Gasteiger partial charge in [-0.2, -0.15) is 0 Å². The van der Waals surface area contributed by atoms with Gasteiger partial charge < -0.3 is 10.5 Å². The van der Waals surface area contributed by atoms with Crippen LogP contribution in [0, 0.1) is 11.6 Å². The second kappa shape index (κ2) is 5.58. The number of nitrogen functional groups attached to an aromatic ring is 1. The van der Waals surface area contributed by atoms with Gasteiger partial charge in [-0.05, 0) is 18.2 Å². The highest BCUT2D eigenvalue weighted by Crippen LogP contribution is 2.27. The minimum atomic E-state index is -0.985. The molecule has 0 bridgehead atoms. The fraction of sp³-hybridized carbons (Fsp3) is 0.0714. The number of carbonyl (C=O) groups excluding carboxylic acids is 1. The predicted molar refractivity (Wildman–Crippen MR) is 74.9 cm³/mol. The number of nitrogens with two attached hydrogens (primary N) is 1. The molecule has 0 heterocycles. The summed E-state index contributed by atoms with van der Waals surface area (Å²) in [5, 5.41) is 0. The third-order valence-corrected chi connectivity index (χ3v) is 3.40. The van der Waals surface area contributed by atoms with Crippen LogP contribution < -0.4 is 10.5 Å². The lowest BCUT2D eigenvalue weighted by Gasteiger charge is -2.09. The number of anilines is 1. The van der Waals surface area contributed by atoms with E-state index in [9.17, 15) is 13.6 Å². The van der Waals surface area contributed by atoms with E-state index >= 15 is 0 Å². The van der Waals surface area contributed by atoms with Crippen molar-refractivity contribution in [1.29, 1.82) is 0 Å². The summed E-state index contributed by atoms with van der Waals surface area (Å²) in [7, 11) is 1.28. The average Bonchev–Trinajstić information content (AvgIpc) is 2.40. The number of hydrogen-bond donors (Lipinski definition) is 1. The first-order chi connectivity index (χ1) is 9.43. The fourth-order valence-electron chi connectivity index (χ4n) is 1.74. The molecule has 2 aromatic carbocycles. The summed E-state index contributed by atoms with van der Waals surface area (Å²) in [6.45, 7) is 0. The molecule has 0 aliphatic heterocycles. The summed E-state index contributed by atoms with van der Waals surface area (Å²) in [6.07, 6.45) is 0. The first kappa shape index (κ1) is 14.5. The molecule has 0 saturated heterocycles. The summed E-state index contributed by atoms with van der Waals surface area (Å²) in [4.78, 5) is 12.3. The van der Waals surface area contributed by atoms with Crippen molar-refractivity contribution in [2.24, 2.45) is 0 Å². The quantitative estimate of drug-likeness (QED) is 0.686. The van der Waals surface area contributed by atoms with Gasteiger partial charge in [0, 0.05) is 27.9 Å². The van der Waals surface area contributed by atoms with Crippen LogP contribution in [0.25, 0.3) is 0 Å². The summed E-state index contributed by atoms with van der Waals surface area (Å²) in [5.41, 5.74) is 5.36. The Morgan fingerprint density at radius 1 is 1.20 bits per heavy atom. The highest BCUT2D eigenvalue weighted by atomic mass is 79.9. The zero-order chi connectivity index (χ0) is 14.9. The molecule has 0 unspecified atom stereocenters. The Morgan fingerprint density at radius 2 is 1.80 bits per heavy atom. The van der Waals surface area contributed by atoms with Gasteiger partial charge in [-0.3, -0.25) is 4.79 Å². The Hall–Kier alpha value is -1.95. The molecule has 0 amide bonds. The summed E-state index contributed by atoms with van der Waals surface area (Å²) in [5.74, 6) is -2.76. The topological polar surface area (TPSA) is 52.3 Å². The number of halogens is 3. The van der Waals surface area contributed by atoms with Gasteiger partial charge in [-0.15, -0.1) is 0 Å². The standard InChI is InChI=1S/C14H10BrF2NO2/c1-20-8-5-11(16)13(12(17)6-8)14(19)9-4-7(18)2-3-10(9)15/h2-6H,18H2,1H3. The largest absolute Gasteiger partial charge is 0.497 e. The summed E-state index contributed by atoms with van der Waals surface area (Å²) < 4.78 is 32.9. The van der Waals surface area contributed by atoms with Crippen LogP contribution in [0.4, 0.5) is 14.5 Å². The van der Waals surface area contributed by atoms with Crippen molar-refractivity contribution < 1.29 is 18.3 Å². The van der Waals surface area contributed by atoms with Crippen LogP contribution in [0.2, 0.25) is 0 Å². The highest BCUT2D eigenvalue weighted by Gasteiger charge is 2.22. The van der Waals surface area contributed by atoms with E-state index in [1.165, 1.54) is 13.2 Å². The molecule has 20 heavy (non-hydrogen) atoms. The van der Waals surface area contributed by atoms with Crippen molar-refractivity contribution in [3.05, 3.63) is 57.6 Å². The molecule has 3 nitrogen and oxygen atoms in total. The number of ketones is 1. The molecular formula is C14H10BrF2NO2. The maximum atomic E-state index is 13.9. The molecule has 0 saturated carbocycles. The van der Waals surface area contributed by atoms with Crippen LogP contribution in [0.15, 0.2) is 34.8 Å². The van der Waals surface area contributed by atoms with Gasteiger partial charge in [-0.25, -0.2) is 8.78 Å². The van der Waals surface area contributed by atoms with Crippen LogP contribution in [0.3, 0.4) is 0 Å². The van der Waals surface area contributed by atoms with Crippen LogP contribution in [0.1, 0.15) is 15.9 Å². The van der Waals surface area contributed by atoms with Crippen molar-refractivity contribution in [2.45, 2.75) is 0 Å². The van der Waals surface area contributed by atoms with Crippen LogP contribution >= 0.6 is 15.9 Å². The van der Waals surface area contributed by atoms with Crippen molar-refractivity contribution >= 4 is 27.4 Å². The first-order valence-corrected chi connectivity index (χ1v) is 6.36. The lowest BCUT2D eigenvalue weighted by molar-refractivity contribution is 0.103. The molecule has 0 aliphatic carbocycles. The van der Waals surface area contributed by atoms with Crippen LogP contribution in [-0.2, 0) is 0 Å². The number of carbonyl (C=O) groups is 1. The molecule has 104 valence electrons. The molecule has 0 aliphatic rings. The maximum Gasteiger partial charge on any atom is 0.200 e. The smallest absolute Gasteiger partial charge is 0.200 e. The number of benzene rings is 2. The van der Waals surface area contributed by atoms with E-state index in [0.29, 0.717) is 10.2 Å². The molecular weight excluding hydrogens is 332 g/mol. The van der Waals surface area contributed by atoms with Gasteiger partial charge in [0.2, 0.25) is 0 Å². The van der Waals surface area contributed by atoms with E-state index in [-0.39, 0.29) is 11.3 Å². The van der Waals surface area contributed by atoms with Crippen molar-refractivity contribution in [2.75, 3.05) is 12.8 Å². The zero-order valence-corrected chi connectivity index (χ0v) is 12.0. The van der Waals surface area contributed by atoms with Crippen LogP contribution in [0.5, 0.6) is 5.75 Å². The Balaban J connectivity index is 2.56. The van der Waals surface area contributed by atoms with Gasteiger partial charge in [0.1, 0.15) is 17.4 Å². The molecule has 2 N–H and O–H groups in total. The molecule has 0 aromatic heterocycles. The third-order valence-electron chi connectivity index (χ3n) is 2.71. The van der Waals surface area contributed by atoms with E-state index in [0.717, 1.165) is 12.1 Å². The molecule has 0 radical (unpaired) electrons. The molecule has 6 heteroatoms. The van der Waals surface area contributed by atoms with E-state index in [1.807, 2.05) is 0 Å². The molecule has 0 atom stereocenters. The number of methoxy groups -OCH3 is 1. The summed E-state index contributed by atoms with van der Waals surface area (Å²) >= 11 is 3.16. The Bertz CT molecular complexity index is 666. The monoisotopic (exact) mass is 341 g/mol. The minimum absolute atomic E-state index is 0.00295. The lowest BCUT2D eigenvalue weighted by atomic mass is 10.0. The summed E-state index contributed by atoms with van der Waals surface area (Å²) in [6, 6.07) is 6.38. The van der Waals surface area contributed by atoms with Gasteiger partial charge in [0.25, 0.3) is 0 Å². The zero-order valence-electron chi connectivity index (χ0n) is 10.4. The van der Waals surface area contributed by atoms with Crippen molar-refractivity contribution in [3.63, 3.8) is 0 Å². The Labute approximate surface area is 122 Å². The third kappa shape index (κ3) is 2.65. The van der Waals surface area contributed by atoms with E-state index in [1.54, 1.807) is 12.1 Å². The van der Waals surface area contributed by atoms with E-state index < -0.39 is 23.0 Å². The molecule has 2 aromatic rings. The highest BCUT2D eigenvalue weighted by molar-refractivity contribution is 9.10. The number of ether oxygens (including phenoxy) is 1. The first-order valence-electron chi connectivity index (χ1n) is 5.56. The second-order valence-corrected chi connectivity index (χ2v) is 4.89. The van der Waals surface area contributed by atoms with Crippen molar-refractivity contribution in [1.82, 2.24) is 0 Å². The lowest BCUT2D eigenvalue weighted by Crippen LogP contribution is -2.09. The Kier molecular flexibility index (Phi) is 4.04. The van der Waals surface area contributed by atoms with Crippen LogP contribution in [-0.4, -0.2) is 12.9 Å². The molecule has 0 fully saturated rings. The van der Waals surface area contributed by atoms with Gasteiger partial charge in [0.15, 0.2) is 5.78 Å². The minimum Gasteiger partial charge on any atom is -0.497 e. The average molecular weight is 342 g/mol. The van der Waals surface area contributed by atoms with Gasteiger partial charge in [0.05, 0.1) is 12.7 Å². The number of rotatable bonds is 3.